The molecule has 0 saturated heterocycles. The predicted octanol–water partition coefficient (Wildman–Crippen LogP) is 2.94. The Balaban J connectivity index is 1.78. The van der Waals surface area contributed by atoms with Gasteiger partial charge in [0.15, 0.2) is 11.5 Å². The first-order valence-electron chi connectivity index (χ1n) is 11.3. The first-order valence-corrected chi connectivity index (χ1v) is 12.7. The third-order valence-corrected chi connectivity index (χ3v) is 7.04. The second-order valence-corrected chi connectivity index (χ2v) is 11.1. The summed E-state index contributed by atoms with van der Waals surface area (Å²) in [5.74, 6) is 0.792. The molecule has 11 heteroatoms. The second-order valence-electron chi connectivity index (χ2n) is 9.25. The van der Waals surface area contributed by atoms with E-state index in [0.717, 1.165) is 30.2 Å². The average molecular weight is 487 g/mol. The molecule has 3 rings (SSSR count). The molecule has 0 spiro atoms. The van der Waals surface area contributed by atoms with Gasteiger partial charge in [-0.3, -0.25) is 4.84 Å². The molecule has 0 aromatic heterocycles. The number of carbonyl (C=O) groups is 1. The first-order chi connectivity index (χ1) is 15.5. The zero-order valence-electron chi connectivity index (χ0n) is 19.6. The highest BCUT2D eigenvalue weighted by molar-refractivity contribution is 7.89. The minimum Gasteiger partial charge on any atom is -0.454 e. The molecule has 2 aliphatic rings. The molecule has 1 saturated carbocycles. The number of ether oxygens (including phenoxy) is 3. The number of amides is 1. The van der Waals surface area contributed by atoms with Gasteiger partial charge in [-0.15, -0.1) is 0 Å². The Morgan fingerprint density at radius 2 is 1.91 bits per heavy atom. The van der Waals surface area contributed by atoms with Gasteiger partial charge in [0.05, 0.1) is 29.7 Å². The summed E-state index contributed by atoms with van der Waals surface area (Å²) in [7, 11) is -4.13. The molecule has 1 aromatic rings. The van der Waals surface area contributed by atoms with Gasteiger partial charge in [0, 0.05) is 6.07 Å². The van der Waals surface area contributed by atoms with E-state index in [1.807, 2.05) is 0 Å². The molecule has 1 aliphatic carbocycles. The van der Waals surface area contributed by atoms with Crippen LogP contribution in [0.5, 0.6) is 11.5 Å². The van der Waals surface area contributed by atoms with Crippen LogP contribution in [-0.2, 0) is 19.6 Å². The van der Waals surface area contributed by atoms with Crippen molar-refractivity contribution in [3.63, 3.8) is 0 Å². The van der Waals surface area contributed by atoms with E-state index in [2.05, 4.69) is 5.32 Å². The van der Waals surface area contributed by atoms with Gasteiger partial charge >= 0.3 is 6.09 Å². The Morgan fingerprint density at radius 3 is 2.55 bits per heavy atom. The summed E-state index contributed by atoms with van der Waals surface area (Å²) in [6, 6.07) is 3.58. The number of hydrogen-bond acceptors (Lipinski definition) is 8. The summed E-state index contributed by atoms with van der Waals surface area (Å²) < 4.78 is 43.6. The van der Waals surface area contributed by atoms with Crippen molar-refractivity contribution >= 4 is 16.1 Å². The van der Waals surface area contributed by atoms with Gasteiger partial charge in [-0.05, 0) is 52.2 Å². The zero-order chi connectivity index (χ0) is 24.2. The third-order valence-electron chi connectivity index (χ3n) is 5.42. The van der Waals surface area contributed by atoms with Crippen molar-refractivity contribution in [2.24, 2.45) is 0 Å². The second kappa shape index (κ2) is 10.5. The van der Waals surface area contributed by atoms with Crippen LogP contribution in [0.2, 0.25) is 0 Å². The van der Waals surface area contributed by atoms with Gasteiger partial charge in [-0.2, -0.15) is 0 Å². The van der Waals surface area contributed by atoms with Crippen molar-refractivity contribution in [2.75, 3.05) is 13.3 Å². The van der Waals surface area contributed by atoms with E-state index in [0.29, 0.717) is 17.9 Å². The van der Waals surface area contributed by atoms with E-state index in [9.17, 15) is 18.3 Å². The number of fused-ring (bicyclic) bond motifs is 1. The van der Waals surface area contributed by atoms with Gasteiger partial charge in [0.2, 0.25) is 6.79 Å². The highest BCUT2D eigenvalue weighted by Gasteiger charge is 2.35. The number of carbonyl (C=O) groups excluding carboxylic acids is 1. The summed E-state index contributed by atoms with van der Waals surface area (Å²) in [5, 5.41) is 13.5. The number of rotatable bonds is 9. The average Bonchev–Trinajstić information content (AvgIpc) is 3.41. The van der Waals surface area contributed by atoms with Crippen molar-refractivity contribution in [3.05, 3.63) is 18.2 Å². The molecule has 0 bridgehead atoms. The molecular formula is C22H34N2O8S. The summed E-state index contributed by atoms with van der Waals surface area (Å²) in [4.78, 5) is 18.0. The van der Waals surface area contributed by atoms with Crippen molar-refractivity contribution in [2.45, 2.75) is 88.5 Å². The molecule has 1 fully saturated rings. The van der Waals surface area contributed by atoms with Crippen LogP contribution < -0.4 is 14.8 Å². The van der Waals surface area contributed by atoms with Crippen molar-refractivity contribution < 1.29 is 37.4 Å². The minimum absolute atomic E-state index is 0.0222. The van der Waals surface area contributed by atoms with Crippen LogP contribution in [0.15, 0.2) is 23.1 Å². The zero-order valence-corrected chi connectivity index (χ0v) is 20.4. The molecule has 186 valence electrons. The van der Waals surface area contributed by atoms with Gasteiger partial charge in [0.25, 0.3) is 10.0 Å². The highest BCUT2D eigenvalue weighted by Crippen LogP contribution is 2.35. The Kier molecular flexibility index (Phi) is 8.09. The van der Waals surface area contributed by atoms with E-state index in [1.165, 1.54) is 18.2 Å². The molecule has 1 heterocycles. The van der Waals surface area contributed by atoms with Crippen LogP contribution in [0.4, 0.5) is 4.79 Å². The lowest BCUT2D eigenvalue weighted by Crippen LogP contribution is -2.50. The number of sulfonamides is 1. The Morgan fingerprint density at radius 1 is 1.24 bits per heavy atom. The van der Waals surface area contributed by atoms with E-state index in [4.69, 9.17) is 19.0 Å². The number of hydroxylamine groups is 1. The smallest absolute Gasteiger partial charge is 0.407 e. The molecule has 1 aliphatic heterocycles. The lowest BCUT2D eigenvalue weighted by atomic mass is 10.1. The number of aliphatic hydroxyl groups is 1. The largest absolute Gasteiger partial charge is 0.454 e. The first kappa shape index (κ1) is 25.5. The van der Waals surface area contributed by atoms with Crippen molar-refractivity contribution in [1.29, 1.82) is 0 Å². The number of alkyl carbamates (subject to hydrolysis) is 1. The molecule has 0 radical (unpaired) electrons. The van der Waals surface area contributed by atoms with Crippen molar-refractivity contribution in [1.82, 2.24) is 9.79 Å². The lowest BCUT2D eigenvalue weighted by Gasteiger charge is -2.30. The van der Waals surface area contributed by atoms with Crippen LogP contribution in [0.1, 0.15) is 59.8 Å². The quantitative estimate of drug-likeness (QED) is 0.511. The molecule has 10 nitrogen and oxygen atoms in total. The molecular weight excluding hydrogens is 452 g/mol. The van der Waals surface area contributed by atoms with Crippen LogP contribution >= 0.6 is 0 Å². The van der Waals surface area contributed by atoms with Gasteiger partial charge in [0.1, 0.15) is 5.60 Å². The van der Waals surface area contributed by atoms with Crippen LogP contribution in [0.25, 0.3) is 0 Å². The summed E-state index contributed by atoms with van der Waals surface area (Å²) in [5.41, 5.74) is -0.701. The maximum absolute atomic E-state index is 13.5. The fraction of sp³-hybridized carbons (Fsp3) is 0.682. The number of nitrogens with one attached hydrogen (secondary N) is 1. The van der Waals surface area contributed by atoms with Crippen LogP contribution in [0.3, 0.4) is 0 Å². The van der Waals surface area contributed by atoms with Gasteiger partial charge < -0.3 is 24.6 Å². The highest BCUT2D eigenvalue weighted by atomic mass is 32.2. The fourth-order valence-corrected chi connectivity index (χ4v) is 5.04. The number of aliphatic hydroxyl groups excluding tert-OH is 1. The molecule has 1 amide bonds. The maximum atomic E-state index is 13.5. The van der Waals surface area contributed by atoms with Gasteiger partial charge in [-0.25, -0.2) is 13.2 Å². The SMILES string of the molecule is CC[C@H](NC(=O)OC(C)(C)C)[C@H](O)CN(OC1CCCC1)S(=O)(=O)c1ccc2c(c1)OCO2. The van der Waals surface area contributed by atoms with Crippen LogP contribution in [-0.4, -0.2) is 61.3 Å². The van der Waals surface area contributed by atoms with Gasteiger partial charge in [-0.1, -0.05) is 24.2 Å². The summed E-state index contributed by atoms with van der Waals surface area (Å²) >= 11 is 0. The number of nitrogens with zero attached hydrogens (tertiary/aromatic N) is 1. The van der Waals surface area contributed by atoms with Crippen molar-refractivity contribution in [3.8, 4) is 11.5 Å². The van der Waals surface area contributed by atoms with Crippen LogP contribution in [0, 0.1) is 0 Å². The lowest BCUT2D eigenvalue weighted by molar-refractivity contribution is -0.145. The minimum atomic E-state index is -4.13. The maximum Gasteiger partial charge on any atom is 0.407 e. The van der Waals surface area contributed by atoms with E-state index in [-0.39, 0.29) is 24.3 Å². The molecule has 1 aromatic carbocycles. The third kappa shape index (κ3) is 6.72. The fourth-order valence-electron chi connectivity index (χ4n) is 3.72. The monoisotopic (exact) mass is 486 g/mol. The normalized spacial score (nSPS) is 18.4. The topological polar surface area (TPSA) is 124 Å². The molecule has 33 heavy (non-hydrogen) atoms. The Labute approximate surface area is 195 Å². The Bertz CT molecular complexity index is 925. The van der Waals surface area contributed by atoms with E-state index < -0.39 is 33.9 Å². The summed E-state index contributed by atoms with van der Waals surface area (Å²) in [6.45, 7) is 6.65. The summed E-state index contributed by atoms with van der Waals surface area (Å²) in [6.07, 6.45) is 1.55. The Hall–Kier alpha value is -2.08. The molecule has 2 N–H and O–H groups in total. The predicted molar refractivity (Wildman–Crippen MR) is 119 cm³/mol. The molecule has 2 atom stereocenters. The molecule has 0 unspecified atom stereocenters. The van der Waals surface area contributed by atoms with E-state index >= 15 is 0 Å². The van der Waals surface area contributed by atoms with E-state index in [1.54, 1.807) is 27.7 Å². The standard InChI is InChI=1S/C22H34N2O8S/c1-5-17(23-21(26)31-22(2,3)4)18(25)13-24(32-15-8-6-7-9-15)33(27,28)16-10-11-19-20(12-16)30-14-29-19/h10-12,15,17-18,25H,5-9,13-14H2,1-4H3,(H,23,26)/t17-,18+/m0/s1. The number of benzene rings is 1. The number of hydrogen-bond donors (Lipinski definition) is 2.